The fraction of sp³-hybridized carbons (Fsp3) is 0.222. The first-order valence-electron chi connectivity index (χ1n) is 11.0. The van der Waals surface area contributed by atoms with E-state index in [1.807, 2.05) is 36.4 Å². The van der Waals surface area contributed by atoms with Gasteiger partial charge in [0.1, 0.15) is 5.75 Å². The van der Waals surface area contributed by atoms with Crippen LogP contribution in [0.2, 0.25) is 0 Å². The SMILES string of the molecule is O=C(O)Oc1[nH]c2c(C3=CCCC3)cccc2c1CCCOc1cccc2ccccc12. The molecule has 0 spiro atoms. The topological polar surface area (TPSA) is 71.5 Å². The van der Waals surface area contributed by atoms with Crippen molar-refractivity contribution in [2.24, 2.45) is 0 Å². The zero-order valence-corrected chi connectivity index (χ0v) is 17.8. The van der Waals surface area contributed by atoms with E-state index in [1.54, 1.807) is 0 Å². The number of aromatic nitrogens is 1. The fourth-order valence-corrected chi connectivity index (χ4v) is 4.61. The highest BCUT2D eigenvalue weighted by Gasteiger charge is 2.19. The average molecular weight is 428 g/mol. The summed E-state index contributed by atoms with van der Waals surface area (Å²) in [5.74, 6) is 1.17. The molecule has 32 heavy (non-hydrogen) atoms. The van der Waals surface area contributed by atoms with E-state index in [0.717, 1.165) is 64.2 Å². The van der Waals surface area contributed by atoms with E-state index in [9.17, 15) is 9.90 Å². The molecule has 0 saturated heterocycles. The fourth-order valence-electron chi connectivity index (χ4n) is 4.61. The second-order valence-electron chi connectivity index (χ2n) is 8.08. The third kappa shape index (κ3) is 3.94. The Morgan fingerprint density at radius 3 is 2.66 bits per heavy atom. The monoisotopic (exact) mass is 427 g/mol. The first kappa shape index (κ1) is 20.2. The molecule has 5 rings (SSSR count). The molecule has 1 aliphatic carbocycles. The lowest BCUT2D eigenvalue weighted by Gasteiger charge is -2.10. The number of benzene rings is 3. The number of para-hydroxylation sites is 1. The first-order valence-corrected chi connectivity index (χ1v) is 11.0. The van der Waals surface area contributed by atoms with Crippen molar-refractivity contribution in [2.75, 3.05) is 6.61 Å². The molecule has 4 aromatic rings. The van der Waals surface area contributed by atoms with Crippen LogP contribution >= 0.6 is 0 Å². The lowest BCUT2D eigenvalue weighted by Crippen LogP contribution is -2.06. The molecular weight excluding hydrogens is 402 g/mol. The Balaban J connectivity index is 1.38. The highest BCUT2D eigenvalue weighted by atomic mass is 16.7. The molecule has 0 saturated carbocycles. The smallest absolute Gasteiger partial charge is 0.493 e. The van der Waals surface area contributed by atoms with Gasteiger partial charge in [0.05, 0.1) is 12.1 Å². The largest absolute Gasteiger partial charge is 0.512 e. The molecule has 1 aromatic heterocycles. The molecule has 0 amide bonds. The van der Waals surface area contributed by atoms with Gasteiger partial charge in [0.2, 0.25) is 5.88 Å². The Morgan fingerprint density at radius 2 is 1.81 bits per heavy atom. The van der Waals surface area contributed by atoms with Crippen molar-refractivity contribution >= 4 is 33.4 Å². The highest BCUT2D eigenvalue weighted by Crippen LogP contribution is 2.37. The van der Waals surface area contributed by atoms with Gasteiger partial charge in [-0.1, -0.05) is 60.7 Å². The summed E-state index contributed by atoms with van der Waals surface area (Å²) >= 11 is 0. The summed E-state index contributed by atoms with van der Waals surface area (Å²) in [6, 6.07) is 20.4. The molecule has 0 unspecified atom stereocenters. The van der Waals surface area contributed by atoms with E-state index in [2.05, 4.69) is 35.3 Å². The second-order valence-corrected chi connectivity index (χ2v) is 8.08. The Kier molecular flexibility index (Phi) is 5.55. The Bertz CT molecular complexity index is 1310. The van der Waals surface area contributed by atoms with Crippen LogP contribution in [-0.2, 0) is 6.42 Å². The van der Waals surface area contributed by atoms with Gasteiger partial charge in [0, 0.05) is 21.9 Å². The van der Waals surface area contributed by atoms with Crippen LogP contribution in [0.1, 0.15) is 36.8 Å². The van der Waals surface area contributed by atoms with Gasteiger partial charge in [-0.2, -0.15) is 0 Å². The minimum absolute atomic E-state index is 0.309. The van der Waals surface area contributed by atoms with E-state index in [4.69, 9.17) is 9.47 Å². The third-order valence-electron chi connectivity index (χ3n) is 6.06. The standard InChI is InChI=1S/C27H25NO4/c29-27(30)32-26-23(22-14-6-13-21(25(22)28-26)19-9-1-2-10-19)15-7-17-31-24-16-5-11-18-8-3-4-12-20(18)24/h3-6,8-9,11-14,16,28H,1-2,7,10,15,17H2,(H,29,30). The molecule has 0 radical (unpaired) electrons. The molecule has 1 aliphatic rings. The molecule has 2 N–H and O–H groups in total. The molecule has 5 heteroatoms. The number of carboxylic acid groups (broad SMARTS) is 1. The van der Waals surface area contributed by atoms with Gasteiger partial charge >= 0.3 is 6.16 Å². The van der Waals surface area contributed by atoms with Crippen molar-refractivity contribution in [3.05, 3.63) is 77.9 Å². The Hall–Kier alpha value is -3.73. The second kappa shape index (κ2) is 8.79. The number of fused-ring (bicyclic) bond motifs is 2. The number of hydrogen-bond donors (Lipinski definition) is 2. The van der Waals surface area contributed by atoms with E-state index in [-0.39, 0.29) is 0 Å². The van der Waals surface area contributed by atoms with Crippen LogP contribution in [0.4, 0.5) is 4.79 Å². The van der Waals surface area contributed by atoms with Gasteiger partial charge in [0.25, 0.3) is 0 Å². The number of H-pyrrole nitrogens is 1. The van der Waals surface area contributed by atoms with Crippen molar-refractivity contribution in [1.29, 1.82) is 0 Å². The minimum atomic E-state index is -1.31. The maximum atomic E-state index is 11.3. The molecule has 0 atom stereocenters. The highest BCUT2D eigenvalue weighted by molar-refractivity contribution is 5.96. The average Bonchev–Trinajstić information content (AvgIpc) is 3.45. The van der Waals surface area contributed by atoms with Crippen LogP contribution in [0, 0.1) is 0 Å². The molecule has 0 bridgehead atoms. The predicted octanol–water partition coefficient (Wildman–Crippen LogP) is 6.96. The summed E-state index contributed by atoms with van der Waals surface area (Å²) in [5, 5.41) is 12.5. The summed E-state index contributed by atoms with van der Waals surface area (Å²) in [6.45, 7) is 0.526. The van der Waals surface area contributed by atoms with Crippen LogP contribution in [-0.4, -0.2) is 22.9 Å². The van der Waals surface area contributed by atoms with Crippen LogP contribution < -0.4 is 9.47 Å². The lowest BCUT2D eigenvalue weighted by atomic mass is 10.0. The first-order chi connectivity index (χ1) is 15.7. The number of nitrogens with one attached hydrogen (secondary N) is 1. The van der Waals surface area contributed by atoms with Gasteiger partial charge < -0.3 is 19.6 Å². The maximum Gasteiger partial charge on any atom is 0.512 e. The number of hydrogen-bond acceptors (Lipinski definition) is 3. The number of allylic oxidation sites excluding steroid dienone is 2. The quantitative estimate of drug-likeness (QED) is 0.247. The third-order valence-corrected chi connectivity index (χ3v) is 6.06. The van der Waals surface area contributed by atoms with Crippen molar-refractivity contribution < 1.29 is 19.4 Å². The molecule has 3 aromatic carbocycles. The van der Waals surface area contributed by atoms with Crippen LogP contribution in [0.5, 0.6) is 11.6 Å². The molecule has 0 fully saturated rings. The van der Waals surface area contributed by atoms with Gasteiger partial charge in [-0.3, -0.25) is 0 Å². The normalized spacial score (nSPS) is 13.4. The summed E-state index contributed by atoms with van der Waals surface area (Å²) in [7, 11) is 0. The summed E-state index contributed by atoms with van der Waals surface area (Å²) in [6.07, 6.45) is 5.63. The predicted molar refractivity (Wildman–Crippen MR) is 127 cm³/mol. The van der Waals surface area contributed by atoms with Crippen molar-refractivity contribution in [2.45, 2.75) is 32.1 Å². The zero-order valence-electron chi connectivity index (χ0n) is 17.8. The van der Waals surface area contributed by atoms with Crippen LogP contribution in [0.3, 0.4) is 0 Å². The van der Waals surface area contributed by atoms with Gasteiger partial charge in [-0.15, -0.1) is 0 Å². The molecular formula is C27H25NO4. The number of aryl methyl sites for hydroxylation is 1. The minimum Gasteiger partial charge on any atom is -0.493 e. The molecule has 5 nitrogen and oxygen atoms in total. The maximum absolute atomic E-state index is 11.3. The molecule has 0 aliphatic heterocycles. The summed E-state index contributed by atoms with van der Waals surface area (Å²) in [4.78, 5) is 14.5. The van der Waals surface area contributed by atoms with E-state index in [0.29, 0.717) is 18.9 Å². The van der Waals surface area contributed by atoms with Crippen LogP contribution in [0.25, 0.3) is 27.2 Å². The van der Waals surface area contributed by atoms with Gasteiger partial charge in [0.15, 0.2) is 0 Å². The number of rotatable bonds is 7. The molecule has 162 valence electrons. The molecule has 1 heterocycles. The van der Waals surface area contributed by atoms with E-state index in [1.165, 1.54) is 5.57 Å². The Morgan fingerprint density at radius 1 is 1.00 bits per heavy atom. The van der Waals surface area contributed by atoms with Gasteiger partial charge in [-0.05, 0) is 49.1 Å². The number of aromatic amines is 1. The summed E-state index contributed by atoms with van der Waals surface area (Å²) in [5.41, 5.74) is 4.27. The van der Waals surface area contributed by atoms with Crippen molar-refractivity contribution in [1.82, 2.24) is 4.98 Å². The number of ether oxygens (including phenoxy) is 2. The summed E-state index contributed by atoms with van der Waals surface area (Å²) < 4.78 is 11.2. The van der Waals surface area contributed by atoms with Crippen LogP contribution in [0.15, 0.2) is 66.7 Å². The zero-order chi connectivity index (χ0) is 21.9. The van der Waals surface area contributed by atoms with Crippen molar-refractivity contribution in [3.63, 3.8) is 0 Å². The lowest BCUT2D eigenvalue weighted by molar-refractivity contribution is 0.142. The number of carbonyl (C=O) groups is 1. The van der Waals surface area contributed by atoms with E-state index >= 15 is 0 Å². The van der Waals surface area contributed by atoms with Gasteiger partial charge in [-0.25, -0.2) is 4.79 Å². The van der Waals surface area contributed by atoms with E-state index < -0.39 is 6.16 Å². The van der Waals surface area contributed by atoms with Crippen molar-refractivity contribution in [3.8, 4) is 11.6 Å². The Labute approximate surface area is 186 Å².